The fourth-order valence-corrected chi connectivity index (χ4v) is 2.28. The minimum atomic E-state index is -0.849. The Labute approximate surface area is 109 Å². The maximum absolute atomic E-state index is 13.9. The number of fused-ring (bicyclic) bond motifs is 1. The van der Waals surface area contributed by atoms with E-state index in [0.717, 1.165) is 16.8 Å². The molecule has 3 rings (SSSR count). The molecular formula is C16H11F2N. The summed E-state index contributed by atoms with van der Waals surface area (Å²) >= 11 is 0. The molecule has 3 heteroatoms. The van der Waals surface area contributed by atoms with Crippen LogP contribution in [0.15, 0.2) is 54.6 Å². The highest BCUT2D eigenvalue weighted by molar-refractivity contribution is 6.02. The van der Waals surface area contributed by atoms with Crippen molar-refractivity contribution in [3.8, 4) is 11.1 Å². The van der Waals surface area contributed by atoms with Gasteiger partial charge in [-0.2, -0.15) is 0 Å². The molecule has 0 unspecified atom stereocenters. The predicted octanol–water partition coefficient (Wildman–Crippen LogP) is 4.37. The number of anilines is 1. The van der Waals surface area contributed by atoms with E-state index in [4.69, 9.17) is 5.73 Å². The first-order chi connectivity index (χ1) is 9.18. The smallest absolute Gasteiger partial charge is 0.166 e. The molecule has 0 bridgehead atoms. The van der Waals surface area contributed by atoms with Gasteiger partial charge in [0.2, 0.25) is 0 Å². The van der Waals surface area contributed by atoms with Gasteiger partial charge in [-0.3, -0.25) is 0 Å². The second-order valence-corrected chi connectivity index (χ2v) is 4.35. The van der Waals surface area contributed by atoms with Crippen molar-refractivity contribution >= 4 is 16.5 Å². The normalized spacial score (nSPS) is 10.8. The molecule has 2 N–H and O–H groups in total. The predicted molar refractivity (Wildman–Crippen MR) is 73.7 cm³/mol. The lowest BCUT2D eigenvalue weighted by atomic mass is 9.97. The van der Waals surface area contributed by atoms with Gasteiger partial charge >= 0.3 is 0 Å². The Bertz CT molecular complexity index is 766. The van der Waals surface area contributed by atoms with Crippen molar-refractivity contribution in [2.24, 2.45) is 0 Å². The summed E-state index contributed by atoms with van der Waals surface area (Å²) in [5.41, 5.74) is 7.41. The van der Waals surface area contributed by atoms with Crippen LogP contribution in [0.2, 0.25) is 0 Å². The Morgan fingerprint density at radius 1 is 0.684 bits per heavy atom. The van der Waals surface area contributed by atoms with E-state index in [1.807, 2.05) is 12.1 Å². The summed E-state index contributed by atoms with van der Waals surface area (Å²) in [6.45, 7) is 0. The molecule has 0 aliphatic carbocycles. The quantitative estimate of drug-likeness (QED) is 0.642. The summed E-state index contributed by atoms with van der Waals surface area (Å²) in [6.07, 6.45) is 0. The zero-order valence-electron chi connectivity index (χ0n) is 10.0. The third-order valence-corrected chi connectivity index (χ3v) is 3.20. The standard InChI is InChI=1S/C16H11F2N/c17-14-8-2-7-13(16(14)18)11-4-1-6-12-10(11)5-3-9-15(12)19/h1-9H,19H2. The first-order valence-corrected chi connectivity index (χ1v) is 5.90. The van der Waals surface area contributed by atoms with Crippen LogP contribution in [-0.2, 0) is 0 Å². The molecule has 0 atom stereocenters. The molecular weight excluding hydrogens is 244 g/mol. The summed E-state index contributed by atoms with van der Waals surface area (Å²) in [4.78, 5) is 0. The van der Waals surface area contributed by atoms with Crippen molar-refractivity contribution in [1.82, 2.24) is 0 Å². The highest BCUT2D eigenvalue weighted by Crippen LogP contribution is 2.33. The highest BCUT2D eigenvalue weighted by atomic mass is 19.2. The molecule has 19 heavy (non-hydrogen) atoms. The molecule has 3 aromatic carbocycles. The third kappa shape index (κ3) is 1.83. The van der Waals surface area contributed by atoms with E-state index in [0.29, 0.717) is 11.3 Å². The van der Waals surface area contributed by atoms with Crippen LogP contribution < -0.4 is 5.73 Å². The number of nitrogens with two attached hydrogens (primary N) is 1. The van der Waals surface area contributed by atoms with Crippen molar-refractivity contribution in [3.63, 3.8) is 0 Å². The molecule has 0 aliphatic rings. The summed E-state index contributed by atoms with van der Waals surface area (Å²) in [5.74, 6) is -1.68. The monoisotopic (exact) mass is 255 g/mol. The maximum atomic E-state index is 13.9. The van der Waals surface area contributed by atoms with E-state index in [9.17, 15) is 8.78 Å². The van der Waals surface area contributed by atoms with Crippen molar-refractivity contribution in [3.05, 3.63) is 66.2 Å². The second-order valence-electron chi connectivity index (χ2n) is 4.35. The van der Waals surface area contributed by atoms with Crippen LogP contribution in [0, 0.1) is 11.6 Å². The first-order valence-electron chi connectivity index (χ1n) is 5.90. The lowest BCUT2D eigenvalue weighted by Crippen LogP contribution is -1.92. The SMILES string of the molecule is Nc1cccc2c(-c3cccc(F)c3F)cccc12. The summed E-state index contributed by atoms with van der Waals surface area (Å²) in [6, 6.07) is 15.0. The van der Waals surface area contributed by atoms with Crippen molar-refractivity contribution in [2.75, 3.05) is 5.73 Å². The number of hydrogen-bond donors (Lipinski definition) is 1. The Morgan fingerprint density at radius 3 is 2.16 bits per heavy atom. The summed E-state index contributed by atoms with van der Waals surface area (Å²) in [7, 11) is 0. The molecule has 94 valence electrons. The first kappa shape index (κ1) is 11.7. The minimum Gasteiger partial charge on any atom is -0.398 e. The largest absolute Gasteiger partial charge is 0.398 e. The molecule has 0 saturated heterocycles. The summed E-state index contributed by atoms with van der Waals surface area (Å²) < 4.78 is 27.3. The molecule has 3 aromatic rings. The average molecular weight is 255 g/mol. The number of benzene rings is 3. The molecule has 0 saturated carbocycles. The highest BCUT2D eigenvalue weighted by Gasteiger charge is 2.12. The Balaban J connectivity index is 2.37. The van der Waals surface area contributed by atoms with Gasteiger partial charge in [0.25, 0.3) is 0 Å². The molecule has 0 heterocycles. The Morgan fingerprint density at radius 2 is 1.32 bits per heavy atom. The zero-order chi connectivity index (χ0) is 13.4. The van der Waals surface area contributed by atoms with Gasteiger partial charge in [-0.25, -0.2) is 8.78 Å². The van der Waals surface area contributed by atoms with Gasteiger partial charge in [0, 0.05) is 16.6 Å². The van der Waals surface area contributed by atoms with Crippen molar-refractivity contribution in [1.29, 1.82) is 0 Å². The van der Waals surface area contributed by atoms with Crippen LogP contribution in [0.25, 0.3) is 21.9 Å². The van der Waals surface area contributed by atoms with E-state index in [2.05, 4.69) is 0 Å². The van der Waals surface area contributed by atoms with Gasteiger partial charge in [0.1, 0.15) is 0 Å². The van der Waals surface area contributed by atoms with E-state index in [1.54, 1.807) is 30.3 Å². The van der Waals surface area contributed by atoms with Gasteiger partial charge in [-0.15, -0.1) is 0 Å². The van der Waals surface area contributed by atoms with Gasteiger partial charge in [-0.05, 0) is 23.1 Å². The van der Waals surface area contributed by atoms with Crippen LogP contribution >= 0.6 is 0 Å². The molecule has 0 amide bonds. The Kier molecular flexibility index (Phi) is 2.67. The fraction of sp³-hybridized carbons (Fsp3) is 0. The van der Waals surface area contributed by atoms with E-state index in [1.165, 1.54) is 6.07 Å². The van der Waals surface area contributed by atoms with Gasteiger partial charge in [-0.1, -0.05) is 42.5 Å². The average Bonchev–Trinajstić information content (AvgIpc) is 2.42. The lowest BCUT2D eigenvalue weighted by molar-refractivity contribution is 0.511. The van der Waals surface area contributed by atoms with E-state index in [-0.39, 0.29) is 5.56 Å². The van der Waals surface area contributed by atoms with Gasteiger partial charge in [0.15, 0.2) is 11.6 Å². The molecule has 0 spiro atoms. The molecule has 0 fully saturated rings. The van der Waals surface area contributed by atoms with Gasteiger partial charge in [0.05, 0.1) is 0 Å². The molecule has 1 nitrogen and oxygen atoms in total. The fourth-order valence-electron chi connectivity index (χ4n) is 2.28. The minimum absolute atomic E-state index is 0.246. The molecule has 0 aliphatic heterocycles. The van der Waals surface area contributed by atoms with Crippen molar-refractivity contribution < 1.29 is 8.78 Å². The van der Waals surface area contributed by atoms with Gasteiger partial charge < -0.3 is 5.73 Å². The van der Waals surface area contributed by atoms with Crippen LogP contribution in [0.1, 0.15) is 0 Å². The number of nitrogen functional groups attached to an aromatic ring is 1. The number of rotatable bonds is 1. The van der Waals surface area contributed by atoms with Crippen LogP contribution in [-0.4, -0.2) is 0 Å². The van der Waals surface area contributed by atoms with Crippen molar-refractivity contribution in [2.45, 2.75) is 0 Å². The van der Waals surface area contributed by atoms with Crippen LogP contribution in [0.5, 0.6) is 0 Å². The zero-order valence-corrected chi connectivity index (χ0v) is 10.0. The number of halogens is 2. The van der Waals surface area contributed by atoms with Crippen LogP contribution in [0.4, 0.5) is 14.5 Å². The maximum Gasteiger partial charge on any atom is 0.166 e. The summed E-state index contributed by atoms with van der Waals surface area (Å²) in [5, 5.41) is 1.65. The number of hydrogen-bond acceptors (Lipinski definition) is 1. The topological polar surface area (TPSA) is 26.0 Å². The molecule has 0 radical (unpaired) electrons. The van der Waals surface area contributed by atoms with Crippen LogP contribution in [0.3, 0.4) is 0 Å². The van der Waals surface area contributed by atoms with E-state index < -0.39 is 11.6 Å². The third-order valence-electron chi connectivity index (χ3n) is 3.20. The molecule has 0 aromatic heterocycles. The Hall–Kier alpha value is -2.42. The lowest BCUT2D eigenvalue weighted by Gasteiger charge is -2.09. The van der Waals surface area contributed by atoms with E-state index >= 15 is 0 Å². The second kappa shape index (κ2) is 4.35.